The van der Waals surface area contributed by atoms with Gasteiger partial charge in [-0.15, -0.1) is 0 Å². The third-order valence-corrected chi connectivity index (χ3v) is 5.62. The molecule has 10 heteroatoms. The van der Waals surface area contributed by atoms with Crippen LogP contribution in [-0.2, 0) is 14.3 Å². The van der Waals surface area contributed by atoms with Crippen LogP contribution in [0.3, 0.4) is 0 Å². The summed E-state index contributed by atoms with van der Waals surface area (Å²) < 4.78 is 16.2. The quantitative estimate of drug-likeness (QED) is 0.492. The average molecular weight is 491 g/mol. The van der Waals surface area contributed by atoms with Gasteiger partial charge in [0, 0.05) is 12.8 Å². The number of halogens is 1. The van der Waals surface area contributed by atoms with Crippen molar-refractivity contribution in [2.24, 2.45) is 0 Å². The number of methoxy groups -OCH3 is 1. The number of benzene rings is 2. The number of anilines is 1. The van der Waals surface area contributed by atoms with Gasteiger partial charge in [-0.1, -0.05) is 29.8 Å². The molecule has 0 spiro atoms. The van der Waals surface area contributed by atoms with E-state index >= 15 is 0 Å². The summed E-state index contributed by atoms with van der Waals surface area (Å²) in [4.78, 5) is 38.3. The van der Waals surface area contributed by atoms with E-state index in [9.17, 15) is 14.4 Å². The van der Waals surface area contributed by atoms with Crippen LogP contribution >= 0.6 is 23.4 Å². The summed E-state index contributed by atoms with van der Waals surface area (Å²) in [5.74, 6) is -0.211. The highest BCUT2D eigenvalue weighted by Gasteiger charge is 2.34. The molecule has 0 unspecified atom stereocenters. The topological polar surface area (TPSA) is 94.2 Å². The van der Waals surface area contributed by atoms with Crippen molar-refractivity contribution in [3.63, 3.8) is 0 Å². The highest BCUT2D eigenvalue weighted by atomic mass is 35.5. The van der Waals surface area contributed by atoms with E-state index in [4.69, 9.17) is 25.8 Å². The SMILES string of the molecule is CCOc1cc(/C=C2/SC(=O)N(CCOC)C2=O)cc(Cl)c1OCC(=O)Nc1ccccc1. The molecule has 1 saturated heterocycles. The van der Waals surface area contributed by atoms with Crippen LogP contribution in [0.25, 0.3) is 6.08 Å². The molecule has 1 heterocycles. The number of amides is 3. The molecule has 0 saturated carbocycles. The number of thioether (sulfide) groups is 1. The van der Waals surface area contributed by atoms with Crippen molar-refractivity contribution in [2.45, 2.75) is 6.92 Å². The van der Waals surface area contributed by atoms with E-state index in [1.807, 2.05) is 18.2 Å². The molecule has 0 atom stereocenters. The second kappa shape index (κ2) is 11.7. The Morgan fingerprint density at radius 2 is 1.94 bits per heavy atom. The lowest BCUT2D eigenvalue weighted by Gasteiger charge is -2.14. The molecule has 3 amide bonds. The number of rotatable bonds is 10. The Morgan fingerprint density at radius 3 is 2.64 bits per heavy atom. The molecule has 2 aromatic carbocycles. The first-order chi connectivity index (χ1) is 15.9. The van der Waals surface area contributed by atoms with Crippen LogP contribution < -0.4 is 14.8 Å². The maximum Gasteiger partial charge on any atom is 0.293 e. The first kappa shape index (κ1) is 24.6. The third kappa shape index (κ3) is 6.50. The van der Waals surface area contributed by atoms with Gasteiger partial charge in [0.2, 0.25) is 0 Å². The normalized spacial score (nSPS) is 14.6. The van der Waals surface area contributed by atoms with Gasteiger partial charge in [-0.3, -0.25) is 19.3 Å². The molecule has 1 aliphatic rings. The predicted molar refractivity (Wildman–Crippen MR) is 128 cm³/mol. The lowest BCUT2D eigenvalue weighted by atomic mass is 10.1. The van der Waals surface area contributed by atoms with E-state index in [-0.39, 0.29) is 46.6 Å². The Balaban J connectivity index is 1.75. The minimum absolute atomic E-state index is 0.182. The summed E-state index contributed by atoms with van der Waals surface area (Å²) >= 11 is 7.26. The van der Waals surface area contributed by atoms with Crippen molar-refractivity contribution in [3.8, 4) is 11.5 Å². The monoisotopic (exact) mass is 490 g/mol. The lowest BCUT2D eigenvalue weighted by molar-refractivity contribution is -0.123. The number of carbonyl (C=O) groups is 3. The van der Waals surface area contributed by atoms with Gasteiger partial charge < -0.3 is 19.5 Å². The van der Waals surface area contributed by atoms with Crippen LogP contribution in [0.15, 0.2) is 47.4 Å². The number of carbonyl (C=O) groups excluding carboxylic acids is 3. The summed E-state index contributed by atoms with van der Waals surface area (Å²) in [7, 11) is 1.50. The van der Waals surface area contributed by atoms with Crippen molar-refractivity contribution in [1.29, 1.82) is 0 Å². The fourth-order valence-corrected chi connectivity index (χ4v) is 4.10. The van der Waals surface area contributed by atoms with Gasteiger partial charge in [-0.2, -0.15) is 0 Å². The fraction of sp³-hybridized carbons (Fsp3) is 0.261. The molecule has 2 aromatic rings. The van der Waals surface area contributed by atoms with Crippen LogP contribution in [-0.4, -0.2) is 55.4 Å². The number of hydrogen-bond donors (Lipinski definition) is 1. The van der Waals surface area contributed by atoms with Gasteiger partial charge >= 0.3 is 0 Å². The molecule has 8 nitrogen and oxygen atoms in total. The van der Waals surface area contributed by atoms with Crippen LogP contribution in [0.1, 0.15) is 12.5 Å². The highest BCUT2D eigenvalue weighted by Crippen LogP contribution is 2.39. The molecule has 1 fully saturated rings. The summed E-state index contributed by atoms with van der Waals surface area (Å²) in [6.07, 6.45) is 1.57. The second-order valence-electron chi connectivity index (χ2n) is 6.79. The number of hydrogen-bond acceptors (Lipinski definition) is 7. The lowest BCUT2D eigenvalue weighted by Crippen LogP contribution is -2.31. The largest absolute Gasteiger partial charge is 0.490 e. The van der Waals surface area contributed by atoms with Gasteiger partial charge in [0.25, 0.3) is 17.1 Å². The minimum atomic E-state index is -0.394. The fourth-order valence-electron chi connectivity index (χ4n) is 2.96. The average Bonchev–Trinajstić information content (AvgIpc) is 3.05. The van der Waals surface area contributed by atoms with Gasteiger partial charge in [0.1, 0.15) is 0 Å². The second-order valence-corrected chi connectivity index (χ2v) is 8.19. The van der Waals surface area contributed by atoms with Gasteiger partial charge in [-0.05, 0) is 54.6 Å². The maximum atomic E-state index is 12.5. The maximum absolute atomic E-state index is 12.5. The Morgan fingerprint density at radius 1 is 1.18 bits per heavy atom. The summed E-state index contributed by atoms with van der Waals surface area (Å²) in [6.45, 7) is 2.30. The molecule has 1 N–H and O–H groups in total. The van der Waals surface area contributed by atoms with E-state index in [2.05, 4.69) is 5.32 Å². The number of imide groups is 1. The molecular formula is C23H23ClN2O6S. The Hall–Kier alpha value is -3.01. The Labute approximate surface area is 200 Å². The van der Waals surface area contributed by atoms with Crippen molar-refractivity contribution < 1.29 is 28.6 Å². The summed E-state index contributed by atoms with van der Waals surface area (Å²) in [6, 6.07) is 12.2. The number of nitrogens with zero attached hydrogens (tertiary/aromatic N) is 1. The van der Waals surface area contributed by atoms with Gasteiger partial charge in [-0.25, -0.2) is 0 Å². The number of nitrogens with one attached hydrogen (secondary N) is 1. The molecule has 3 rings (SSSR count). The molecule has 0 aliphatic carbocycles. The molecule has 0 aromatic heterocycles. The standard InChI is InChI=1S/C23H23ClN2O6S/c1-3-31-18-12-15(13-19-22(28)26(9-10-30-2)23(29)33-19)11-17(24)21(18)32-14-20(27)25-16-7-5-4-6-8-16/h4-8,11-13H,3,9-10,14H2,1-2H3,(H,25,27)/b19-13+. The number of para-hydroxylation sites is 1. The highest BCUT2D eigenvalue weighted by molar-refractivity contribution is 8.18. The van der Waals surface area contributed by atoms with Crippen molar-refractivity contribution in [1.82, 2.24) is 4.90 Å². The first-order valence-electron chi connectivity index (χ1n) is 10.1. The first-order valence-corrected chi connectivity index (χ1v) is 11.3. The van der Waals surface area contributed by atoms with Gasteiger partial charge in [0.15, 0.2) is 18.1 Å². The zero-order chi connectivity index (χ0) is 23.8. The zero-order valence-corrected chi connectivity index (χ0v) is 19.7. The number of ether oxygens (including phenoxy) is 3. The Kier molecular flexibility index (Phi) is 8.76. The van der Waals surface area contributed by atoms with E-state index in [0.29, 0.717) is 23.6 Å². The van der Waals surface area contributed by atoms with Crippen LogP contribution in [0.5, 0.6) is 11.5 Å². The summed E-state index contributed by atoms with van der Waals surface area (Å²) in [5.41, 5.74) is 1.21. The molecule has 0 radical (unpaired) electrons. The minimum Gasteiger partial charge on any atom is -0.490 e. The van der Waals surface area contributed by atoms with E-state index in [1.54, 1.807) is 37.3 Å². The van der Waals surface area contributed by atoms with E-state index in [0.717, 1.165) is 16.7 Å². The molecule has 174 valence electrons. The third-order valence-electron chi connectivity index (χ3n) is 4.43. The van der Waals surface area contributed by atoms with Crippen molar-refractivity contribution >= 4 is 52.2 Å². The summed E-state index contributed by atoms with van der Waals surface area (Å²) in [5, 5.41) is 2.58. The molecule has 33 heavy (non-hydrogen) atoms. The molecule has 1 aliphatic heterocycles. The van der Waals surface area contributed by atoms with E-state index in [1.165, 1.54) is 7.11 Å². The van der Waals surface area contributed by atoms with Crippen LogP contribution in [0.2, 0.25) is 5.02 Å². The zero-order valence-electron chi connectivity index (χ0n) is 18.1. The molecular weight excluding hydrogens is 468 g/mol. The Bertz CT molecular complexity index is 1060. The molecule has 0 bridgehead atoms. The van der Waals surface area contributed by atoms with Crippen molar-refractivity contribution in [3.05, 3.63) is 58.0 Å². The van der Waals surface area contributed by atoms with Crippen LogP contribution in [0, 0.1) is 0 Å². The predicted octanol–water partition coefficient (Wildman–Crippen LogP) is 4.44. The smallest absolute Gasteiger partial charge is 0.293 e. The van der Waals surface area contributed by atoms with E-state index < -0.39 is 5.91 Å². The van der Waals surface area contributed by atoms with Crippen molar-refractivity contribution in [2.75, 3.05) is 38.8 Å². The van der Waals surface area contributed by atoms with Crippen LogP contribution in [0.4, 0.5) is 10.5 Å². The van der Waals surface area contributed by atoms with Gasteiger partial charge in [0.05, 0.1) is 29.7 Å².